The molecule has 2 aliphatic rings. The number of aromatic amines is 1. The minimum absolute atomic E-state index is 0.396. The molecule has 8 nitrogen and oxygen atoms in total. The molecular formula is C26H36ClN7O. The fraction of sp³-hybridized carbons (Fsp3) is 0.538. The van der Waals surface area contributed by atoms with Gasteiger partial charge in [-0.1, -0.05) is 11.6 Å². The van der Waals surface area contributed by atoms with E-state index in [2.05, 4.69) is 61.3 Å². The zero-order valence-electron chi connectivity index (χ0n) is 20.8. The van der Waals surface area contributed by atoms with E-state index in [4.69, 9.17) is 21.3 Å². The van der Waals surface area contributed by atoms with Crippen molar-refractivity contribution in [3.8, 4) is 11.4 Å². The highest BCUT2D eigenvalue weighted by Crippen LogP contribution is 2.32. The lowest BCUT2D eigenvalue weighted by Crippen LogP contribution is -2.36. The lowest BCUT2D eigenvalue weighted by atomic mass is 10.1. The molecule has 2 saturated heterocycles. The lowest BCUT2D eigenvalue weighted by Gasteiger charge is -2.30. The van der Waals surface area contributed by atoms with Crippen LogP contribution in [0, 0.1) is 0 Å². The summed E-state index contributed by atoms with van der Waals surface area (Å²) in [4.78, 5) is 20.1. The first kappa shape index (κ1) is 24.3. The molecule has 2 aromatic heterocycles. The number of likely N-dealkylation sites (tertiary alicyclic amines) is 1. The maximum Gasteiger partial charge on any atom is 0.159 e. The van der Waals surface area contributed by atoms with Gasteiger partial charge in [-0.3, -0.25) is 4.90 Å². The SMILES string of the molecule is COCCN1CCCN(c2ccc(-c3nc4c(NC5CCN(C)CC5)c(Cl)cnc4[nH]3)cc2)CC1. The molecule has 9 heteroatoms. The summed E-state index contributed by atoms with van der Waals surface area (Å²) in [5.74, 6) is 0.814. The summed E-state index contributed by atoms with van der Waals surface area (Å²) in [6.45, 7) is 8.26. The first-order valence-corrected chi connectivity index (χ1v) is 13.0. The minimum Gasteiger partial charge on any atom is -0.383 e. The summed E-state index contributed by atoms with van der Waals surface area (Å²) in [6.07, 6.45) is 5.06. The number of benzene rings is 1. The van der Waals surface area contributed by atoms with Crippen molar-refractivity contribution in [3.05, 3.63) is 35.5 Å². The Labute approximate surface area is 212 Å². The standard InChI is InChI=1S/C26H36ClN7O/c1-32-12-8-20(9-13-32)29-23-22(27)18-28-26-24(23)30-25(31-26)19-4-6-21(7-5-19)34-11-3-10-33(14-15-34)16-17-35-2/h4-7,18,20H,3,8-17H2,1-2H3,(H2,28,29,30,31). The van der Waals surface area contributed by atoms with Crippen molar-refractivity contribution in [1.82, 2.24) is 24.8 Å². The molecule has 0 amide bonds. The minimum atomic E-state index is 0.396. The van der Waals surface area contributed by atoms with Crippen LogP contribution in [-0.2, 0) is 4.74 Å². The molecule has 188 valence electrons. The van der Waals surface area contributed by atoms with Crippen LogP contribution in [0.25, 0.3) is 22.6 Å². The maximum absolute atomic E-state index is 6.56. The number of imidazole rings is 1. The van der Waals surface area contributed by atoms with E-state index < -0.39 is 0 Å². The van der Waals surface area contributed by atoms with Gasteiger partial charge in [0.25, 0.3) is 0 Å². The fourth-order valence-corrected chi connectivity index (χ4v) is 5.26. The molecule has 2 N–H and O–H groups in total. The molecule has 35 heavy (non-hydrogen) atoms. The molecule has 0 unspecified atom stereocenters. The molecular weight excluding hydrogens is 462 g/mol. The van der Waals surface area contributed by atoms with Crippen molar-refractivity contribution in [2.24, 2.45) is 0 Å². The Morgan fingerprint density at radius 1 is 1.09 bits per heavy atom. The summed E-state index contributed by atoms with van der Waals surface area (Å²) >= 11 is 6.56. The Kier molecular flexibility index (Phi) is 7.72. The van der Waals surface area contributed by atoms with E-state index in [0.29, 0.717) is 11.1 Å². The summed E-state index contributed by atoms with van der Waals surface area (Å²) in [7, 11) is 3.94. The van der Waals surface area contributed by atoms with Gasteiger partial charge < -0.3 is 24.8 Å². The Morgan fingerprint density at radius 2 is 1.89 bits per heavy atom. The van der Waals surface area contributed by atoms with E-state index in [1.54, 1.807) is 13.3 Å². The molecule has 0 saturated carbocycles. The highest BCUT2D eigenvalue weighted by atomic mass is 35.5. The topological polar surface area (TPSA) is 72.6 Å². The molecule has 2 aliphatic heterocycles. The van der Waals surface area contributed by atoms with E-state index in [-0.39, 0.29) is 0 Å². The van der Waals surface area contributed by atoms with Crippen molar-refractivity contribution in [1.29, 1.82) is 0 Å². The van der Waals surface area contributed by atoms with Gasteiger partial charge in [0.15, 0.2) is 5.65 Å². The van der Waals surface area contributed by atoms with Crippen LogP contribution in [0.5, 0.6) is 0 Å². The molecule has 3 aromatic rings. The smallest absolute Gasteiger partial charge is 0.159 e. The van der Waals surface area contributed by atoms with Crippen LogP contribution < -0.4 is 10.2 Å². The van der Waals surface area contributed by atoms with Gasteiger partial charge in [-0.25, -0.2) is 9.97 Å². The number of H-pyrrole nitrogens is 1. The molecule has 4 heterocycles. The first-order valence-electron chi connectivity index (χ1n) is 12.7. The molecule has 0 aliphatic carbocycles. The van der Waals surface area contributed by atoms with Crippen LogP contribution in [-0.4, -0.2) is 97.4 Å². The predicted molar refractivity (Wildman–Crippen MR) is 144 cm³/mol. The number of pyridine rings is 1. The van der Waals surface area contributed by atoms with Gasteiger partial charge in [-0.15, -0.1) is 0 Å². The summed E-state index contributed by atoms with van der Waals surface area (Å²) < 4.78 is 5.25. The zero-order valence-corrected chi connectivity index (χ0v) is 21.5. The van der Waals surface area contributed by atoms with Gasteiger partial charge in [-0.2, -0.15) is 0 Å². The van der Waals surface area contributed by atoms with Crippen LogP contribution in [0.15, 0.2) is 30.5 Å². The number of piperidine rings is 1. The number of hydrogen-bond donors (Lipinski definition) is 2. The van der Waals surface area contributed by atoms with E-state index in [1.165, 1.54) is 5.69 Å². The fourth-order valence-electron chi connectivity index (χ4n) is 5.06. The number of fused-ring (bicyclic) bond motifs is 1. The van der Waals surface area contributed by atoms with E-state index >= 15 is 0 Å². The predicted octanol–water partition coefficient (Wildman–Crippen LogP) is 3.94. The number of methoxy groups -OCH3 is 1. The Morgan fingerprint density at radius 3 is 2.66 bits per heavy atom. The van der Waals surface area contributed by atoms with Gasteiger partial charge >= 0.3 is 0 Å². The number of nitrogens with zero attached hydrogens (tertiary/aromatic N) is 5. The molecule has 1 aromatic carbocycles. The second kappa shape index (κ2) is 11.1. The van der Waals surface area contributed by atoms with Crippen molar-refractivity contribution < 1.29 is 4.74 Å². The lowest BCUT2D eigenvalue weighted by molar-refractivity contribution is 0.152. The van der Waals surface area contributed by atoms with Crippen LogP contribution in [0.2, 0.25) is 5.02 Å². The molecule has 2 fully saturated rings. The summed E-state index contributed by atoms with van der Waals surface area (Å²) in [6, 6.07) is 9.09. The zero-order chi connectivity index (χ0) is 24.2. The van der Waals surface area contributed by atoms with E-state index in [1.807, 2.05) is 0 Å². The third-order valence-corrected chi connectivity index (χ3v) is 7.53. The molecule has 5 rings (SSSR count). The average Bonchev–Trinajstić information content (AvgIpc) is 3.17. The highest BCUT2D eigenvalue weighted by Gasteiger charge is 2.21. The number of halogens is 1. The Hall–Kier alpha value is -2.39. The monoisotopic (exact) mass is 497 g/mol. The van der Waals surface area contributed by atoms with Gasteiger partial charge in [0, 0.05) is 50.6 Å². The van der Waals surface area contributed by atoms with Crippen LogP contribution >= 0.6 is 11.6 Å². The highest BCUT2D eigenvalue weighted by molar-refractivity contribution is 6.34. The van der Waals surface area contributed by atoms with E-state index in [0.717, 1.165) is 99.9 Å². The van der Waals surface area contributed by atoms with Crippen LogP contribution in [0.1, 0.15) is 19.3 Å². The second-order valence-corrected chi connectivity index (χ2v) is 10.1. The largest absolute Gasteiger partial charge is 0.383 e. The number of aromatic nitrogens is 3. The number of ether oxygens (including phenoxy) is 1. The third kappa shape index (κ3) is 5.72. The first-order chi connectivity index (χ1) is 17.1. The molecule has 0 atom stereocenters. The van der Waals surface area contributed by atoms with Crippen molar-refractivity contribution in [2.45, 2.75) is 25.3 Å². The van der Waals surface area contributed by atoms with Gasteiger partial charge in [-0.05, 0) is 70.2 Å². The normalized spacial score (nSPS) is 18.8. The molecule has 0 bridgehead atoms. The van der Waals surface area contributed by atoms with Crippen molar-refractivity contribution >= 4 is 34.1 Å². The number of hydrogen-bond acceptors (Lipinski definition) is 7. The van der Waals surface area contributed by atoms with Gasteiger partial charge in [0.1, 0.15) is 11.3 Å². The number of nitrogens with one attached hydrogen (secondary N) is 2. The summed E-state index contributed by atoms with van der Waals surface area (Å²) in [5.41, 5.74) is 4.74. The third-order valence-electron chi connectivity index (χ3n) is 7.24. The quantitative estimate of drug-likeness (QED) is 0.512. The van der Waals surface area contributed by atoms with E-state index in [9.17, 15) is 0 Å². The maximum atomic E-state index is 6.56. The summed E-state index contributed by atoms with van der Waals surface area (Å²) in [5, 5.41) is 4.27. The number of anilines is 2. The van der Waals surface area contributed by atoms with Crippen LogP contribution in [0.4, 0.5) is 11.4 Å². The van der Waals surface area contributed by atoms with Crippen molar-refractivity contribution in [2.75, 3.05) is 76.8 Å². The molecule has 0 radical (unpaired) electrons. The second-order valence-electron chi connectivity index (χ2n) is 9.71. The Bertz CT molecular complexity index is 1110. The number of rotatable bonds is 7. The van der Waals surface area contributed by atoms with Crippen molar-refractivity contribution in [3.63, 3.8) is 0 Å². The average molecular weight is 498 g/mol. The van der Waals surface area contributed by atoms with Gasteiger partial charge in [0.2, 0.25) is 0 Å². The Balaban J connectivity index is 1.31. The van der Waals surface area contributed by atoms with Gasteiger partial charge in [0.05, 0.1) is 23.5 Å². The van der Waals surface area contributed by atoms with Crippen LogP contribution in [0.3, 0.4) is 0 Å². The molecule has 0 spiro atoms.